The van der Waals surface area contributed by atoms with E-state index in [1.807, 2.05) is 68.4 Å². The highest BCUT2D eigenvalue weighted by molar-refractivity contribution is 6.00. The molecule has 2 aromatic carbocycles. The molecule has 2 heterocycles. The average molecular weight is 444 g/mol. The minimum atomic E-state index is -0.633. The number of Topliss-reactive ketones (excluding diaryl/α,β-unsaturated/α-hetero) is 1. The maximum absolute atomic E-state index is 13.3. The molecular formula is C27H24O6. The van der Waals surface area contributed by atoms with Crippen LogP contribution in [0.15, 0.2) is 81.2 Å². The lowest BCUT2D eigenvalue weighted by Crippen LogP contribution is -2.34. The molecule has 2 aliphatic rings. The van der Waals surface area contributed by atoms with Crippen LogP contribution in [0.1, 0.15) is 49.7 Å². The van der Waals surface area contributed by atoms with E-state index in [0.717, 1.165) is 5.56 Å². The second-order valence-electron chi connectivity index (χ2n) is 9.23. The highest BCUT2D eigenvalue weighted by Gasteiger charge is 2.44. The van der Waals surface area contributed by atoms with E-state index in [9.17, 15) is 14.7 Å². The van der Waals surface area contributed by atoms with Crippen molar-refractivity contribution in [3.05, 3.63) is 99.3 Å². The fourth-order valence-corrected chi connectivity index (χ4v) is 4.56. The Morgan fingerprint density at radius 3 is 2.52 bits per heavy atom. The Morgan fingerprint density at radius 2 is 1.76 bits per heavy atom. The van der Waals surface area contributed by atoms with Crippen molar-refractivity contribution < 1.29 is 23.8 Å². The number of rotatable bonds is 4. The molecule has 5 rings (SSSR count). The zero-order valence-electron chi connectivity index (χ0n) is 18.5. The van der Waals surface area contributed by atoms with Crippen LogP contribution in [-0.2, 0) is 11.4 Å². The van der Waals surface area contributed by atoms with E-state index in [2.05, 4.69) is 0 Å². The molecular weight excluding hydrogens is 420 g/mol. The molecule has 0 fully saturated rings. The average Bonchev–Trinajstić information content (AvgIpc) is 2.78. The van der Waals surface area contributed by atoms with Gasteiger partial charge < -0.3 is 19.0 Å². The van der Waals surface area contributed by atoms with Gasteiger partial charge in [0.25, 0.3) is 0 Å². The van der Waals surface area contributed by atoms with E-state index in [1.165, 1.54) is 6.07 Å². The summed E-state index contributed by atoms with van der Waals surface area (Å²) in [4.78, 5) is 26.1. The van der Waals surface area contributed by atoms with E-state index < -0.39 is 12.5 Å². The van der Waals surface area contributed by atoms with E-state index in [-0.39, 0.29) is 33.9 Å². The van der Waals surface area contributed by atoms with Gasteiger partial charge in [-0.15, -0.1) is 0 Å². The number of allylic oxidation sites excluding steroid dienone is 2. The number of benzene rings is 2. The lowest BCUT2D eigenvalue weighted by atomic mass is 9.71. The van der Waals surface area contributed by atoms with Crippen LogP contribution >= 0.6 is 0 Å². The minimum Gasteiger partial charge on any atom is -0.458 e. The number of aliphatic hydroxyl groups excluding tert-OH is 1. The highest BCUT2D eigenvalue weighted by Crippen LogP contribution is 2.49. The maximum atomic E-state index is 13.3. The van der Waals surface area contributed by atoms with Gasteiger partial charge in [-0.1, -0.05) is 44.2 Å². The number of ether oxygens (including phenoxy) is 2. The Labute approximate surface area is 191 Å². The summed E-state index contributed by atoms with van der Waals surface area (Å²) in [5, 5.41) is 9.61. The van der Waals surface area contributed by atoms with Crippen LogP contribution < -0.4 is 14.9 Å². The number of hydrogen-bond acceptors (Lipinski definition) is 6. The zero-order chi connectivity index (χ0) is 23.2. The topological polar surface area (TPSA) is 86.0 Å². The van der Waals surface area contributed by atoms with Gasteiger partial charge in [0.15, 0.2) is 11.5 Å². The molecule has 1 unspecified atom stereocenters. The molecule has 0 radical (unpaired) electrons. The Hall–Kier alpha value is -3.64. The largest absolute Gasteiger partial charge is 0.458 e. The molecule has 3 aromatic rings. The molecule has 1 aliphatic heterocycles. The van der Waals surface area contributed by atoms with Crippen molar-refractivity contribution in [1.29, 1.82) is 0 Å². The fraction of sp³-hybridized carbons (Fsp3) is 0.259. The molecule has 0 spiro atoms. The Morgan fingerprint density at radius 1 is 1.00 bits per heavy atom. The third-order valence-electron chi connectivity index (χ3n) is 5.96. The summed E-state index contributed by atoms with van der Waals surface area (Å²) in [7, 11) is 0. The summed E-state index contributed by atoms with van der Waals surface area (Å²) >= 11 is 0. The summed E-state index contributed by atoms with van der Waals surface area (Å²) in [6.07, 6.45) is 0.899. The molecule has 6 heteroatoms. The number of carbonyl (C=O) groups excluding carboxylic acids is 1. The predicted octanol–water partition coefficient (Wildman–Crippen LogP) is 5.09. The van der Waals surface area contributed by atoms with Gasteiger partial charge in [0.05, 0.1) is 5.92 Å². The lowest BCUT2D eigenvalue weighted by Gasteiger charge is -2.37. The van der Waals surface area contributed by atoms with Crippen LogP contribution in [0.4, 0.5) is 0 Å². The molecule has 33 heavy (non-hydrogen) atoms. The van der Waals surface area contributed by atoms with Crippen molar-refractivity contribution in [2.45, 2.75) is 39.2 Å². The summed E-state index contributed by atoms with van der Waals surface area (Å²) in [5.41, 5.74) is 0.578. The van der Waals surface area contributed by atoms with Crippen LogP contribution in [0, 0.1) is 5.41 Å². The molecule has 1 aliphatic carbocycles. The monoisotopic (exact) mass is 444 g/mol. The number of hydrogen-bond donors (Lipinski definition) is 1. The smallest absolute Gasteiger partial charge is 0.228 e. The van der Waals surface area contributed by atoms with Gasteiger partial charge in [0.1, 0.15) is 29.6 Å². The summed E-state index contributed by atoms with van der Waals surface area (Å²) in [6.45, 7) is 3.59. The van der Waals surface area contributed by atoms with Crippen molar-refractivity contribution in [2.75, 3.05) is 0 Å². The first kappa shape index (κ1) is 21.2. The van der Waals surface area contributed by atoms with Gasteiger partial charge >= 0.3 is 0 Å². The Balaban J connectivity index is 1.67. The first-order valence-electron chi connectivity index (χ1n) is 10.9. The van der Waals surface area contributed by atoms with E-state index in [1.54, 1.807) is 0 Å². The van der Waals surface area contributed by atoms with E-state index in [0.29, 0.717) is 35.7 Å². The van der Waals surface area contributed by atoms with E-state index >= 15 is 0 Å². The van der Waals surface area contributed by atoms with Crippen molar-refractivity contribution in [3.8, 4) is 17.2 Å². The minimum absolute atomic E-state index is 0.0386. The van der Waals surface area contributed by atoms with Crippen molar-refractivity contribution in [1.82, 2.24) is 0 Å². The third-order valence-corrected chi connectivity index (χ3v) is 5.96. The first-order valence-corrected chi connectivity index (χ1v) is 10.9. The molecule has 0 saturated heterocycles. The van der Waals surface area contributed by atoms with Gasteiger partial charge in [-0.2, -0.15) is 0 Å². The molecule has 1 atom stereocenters. The molecule has 0 saturated carbocycles. The van der Waals surface area contributed by atoms with Crippen molar-refractivity contribution >= 4 is 5.78 Å². The standard InChI is InChI=1S/C27H24O6/c1-27(2)13-21(30)24-22(14-27)33-25-20(29)12-19(15-28)32-26(25)23(24)16-7-6-10-18(11-16)31-17-8-4-3-5-9-17/h3-12,23,28H,13-15H2,1-2H3. The quantitative estimate of drug-likeness (QED) is 0.603. The predicted molar refractivity (Wildman–Crippen MR) is 121 cm³/mol. The molecule has 1 N–H and O–H groups in total. The van der Waals surface area contributed by atoms with Crippen LogP contribution in [0.5, 0.6) is 17.2 Å². The van der Waals surface area contributed by atoms with Gasteiger partial charge in [0, 0.05) is 24.5 Å². The van der Waals surface area contributed by atoms with Crippen LogP contribution in [0.25, 0.3) is 0 Å². The number of para-hydroxylation sites is 1. The number of fused-ring (bicyclic) bond motifs is 1. The number of ketones is 1. The Kier molecular flexibility index (Phi) is 5.17. The van der Waals surface area contributed by atoms with Crippen molar-refractivity contribution in [3.63, 3.8) is 0 Å². The van der Waals surface area contributed by atoms with Gasteiger partial charge in [-0.05, 0) is 35.2 Å². The zero-order valence-corrected chi connectivity index (χ0v) is 18.5. The second-order valence-corrected chi connectivity index (χ2v) is 9.23. The van der Waals surface area contributed by atoms with Gasteiger partial charge in [-0.3, -0.25) is 9.59 Å². The highest BCUT2D eigenvalue weighted by atomic mass is 16.5. The van der Waals surface area contributed by atoms with Crippen LogP contribution in [-0.4, -0.2) is 10.9 Å². The number of aliphatic hydroxyl groups is 1. The third kappa shape index (κ3) is 3.98. The Bertz CT molecular complexity index is 1320. The van der Waals surface area contributed by atoms with Gasteiger partial charge in [-0.25, -0.2) is 0 Å². The normalized spacial score (nSPS) is 18.9. The molecule has 1 aromatic heterocycles. The van der Waals surface area contributed by atoms with Crippen molar-refractivity contribution in [2.24, 2.45) is 5.41 Å². The summed E-state index contributed by atoms with van der Waals surface area (Å²) < 4.78 is 17.9. The fourth-order valence-electron chi connectivity index (χ4n) is 4.56. The van der Waals surface area contributed by atoms with Crippen LogP contribution in [0.2, 0.25) is 0 Å². The lowest BCUT2D eigenvalue weighted by molar-refractivity contribution is -0.118. The molecule has 0 amide bonds. The van der Waals surface area contributed by atoms with E-state index in [4.69, 9.17) is 13.9 Å². The maximum Gasteiger partial charge on any atom is 0.228 e. The molecule has 168 valence electrons. The summed E-state index contributed by atoms with van der Waals surface area (Å²) in [6, 6.07) is 18.0. The molecule has 0 bridgehead atoms. The summed E-state index contributed by atoms with van der Waals surface area (Å²) in [5.74, 6) is 1.54. The second kappa shape index (κ2) is 8.05. The number of carbonyl (C=O) groups is 1. The van der Waals surface area contributed by atoms with Crippen LogP contribution in [0.3, 0.4) is 0 Å². The first-order chi connectivity index (χ1) is 15.8. The SMILES string of the molecule is CC1(C)CC(=O)C2=C(C1)Oc1c(oc(CO)cc1=O)C2c1cccc(Oc2ccccc2)c1. The molecule has 6 nitrogen and oxygen atoms in total. The van der Waals surface area contributed by atoms with Gasteiger partial charge in [0.2, 0.25) is 11.2 Å².